The molecular formula is C18H26N2O4. The van der Waals surface area contributed by atoms with Crippen molar-refractivity contribution in [3.05, 3.63) is 29.3 Å². The second kappa shape index (κ2) is 8.15. The summed E-state index contributed by atoms with van der Waals surface area (Å²) in [5.74, 6) is -0.209. The second-order valence-corrected chi connectivity index (χ2v) is 6.34. The summed E-state index contributed by atoms with van der Waals surface area (Å²) >= 11 is 0. The topological polar surface area (TPSA) is 78.9 Å². The Labute approximate surface area is 142 Å². The largest absolute Gasteiger partial charge is 0.491 e. The first-order valence-corrected chi connectivity index (χ1v) is 8.34. The lowest BCUT2D eigenvalue weighted by Crippen LogP contribution is -2.46. The monoisotopic (exact) mass is 334 g/mol. The maximum atomic E-state index is 12.1. The number of rotatable bonds is 9. The summed E-state index contributed by atoms with van der Waals surface area (Å²) in [5.41, 5.74) is 2.13. The Bertz CT molecular complexity index is 578. The fraction of sp³-hybridized carbons (Fsp3) is 0.556. The van der Waals surface area contributed by atoms with Crippen molar-refractivity contribution in [1.82, 2.24) is 10.2 Å². The molecule has 1 atom stereocenters. The number of nitrogens with zero attached hydrogens (tertiary/aromatic N) is 1. The molecule has 1 saturated carbocycles. The lowest BCUT2D eigenvalue weighted by Gasteiger charge is -2.25. The van der Waals surface area contributed by atoms with Gasteiger partial charge in [-0.25, -0.2) is 0 Å². The molecule has 0 aromatic heterocycles. The van der Waals surface area contributed by atoms with Gasteiger partial charge in [0.2, 0.25) is 5.91 Å². The highest BCUT2D eigenvalue weighted by molar-refractivity contribution is 5.80. The maximum absolute atomic E-state index is 12.1. The number of aryl methyl sites for hydroxylation is 2. The average Bonchev–Trinajstić information content (AvgIpc) is 3.35. The zero-order valence-corrected chi connectivity index (χ0v) is 14.5. The minimum absolute atomic E-state index is 0.113. The van der Waals surface area contributed by atoms with E-state index in [1.54, 1.807) is 11.8 Å². The number of carboxylic acids is 1. The zero-order chi connectivity index (χ0) is 17.7. The van der Waals surface area contributed by atoms with Crippen molar-refractivity contribution in [1.29, 1.82) is 0 Å². The first kappa shape index (κ1) is 18.3. The van der Waals surface area contributed by atoms with E-state index in [1.807, 2.05) is 32.0 Å². The van der Waals surface area contributed by atoms with Crippen LogP contribution in [-0.2, 0) is 9.59 Å². The standard InChI is InChI=1S/C18H26N2O4/c1-12-5-4-6-13(2)17(12)24-10-9-19-16(21)11-20(15-7-8-15)14(3)18(22)23/h4-6,14-15H,7-11H2,1-3H3,(H,19,21)(H,22,23). The van der Waals surface area contributed by atoms with Gasteiger partial charge in [-0.15, -0.1) is 0 Å². The molecule has 2 N–H and O–H groups in total. The summed E-state index contributed by atoms with van der Waals surface area (Å²) in [6, 6.07) is 5.53. The number of para-hydroxylation sites is 1. The van der Waals surface area contributed by atoms with Crippen LogP contribution in [0.5, 0.6) is 5.75 Å². The molecule has 0 spiro atoms. The molecule has 0 bridgehead atoms. The van der Waals surface area contributed by atoms with Crippen LogP contribution in [0.3, 0.4) is 0 Å². The minimum atomic E-state index is -0.895. The van der Waals surface area contributed by atoms with Crippen LogP contribution in [0, 0.1) is 13.8 Å². The highest BCUT2D eigenvalue weighted by Gasteiger charge is 2.36. The Morgan fingerprint density at radius 1 is 1.33 bits per heavy atom. The predicted octanol–water partition coefficient (Wildman–Crippen LogP) is 1.74. The Balaban J connectivity index is 1.75. The Morgan fingerprint density at radius 2 is 1.96 bits per heavy atom. The first-order chi connectivity index (χ1) is 11.4. The first-order valence-electron chi connectivity index (χ1n) is 8.34. The van der Waals surface area contributed by atoms with E-state index in [2.05, 4.69) is 5.32 Å². The predicted molar refractivity (Wildman–Crippen MR) is 91.2 cm³/mol. The molecule has 0 heterocycles. The van der Waals surface area contributed by atoms with Gasteiger partial charge in [-0.05, 0) is 44.7 Å². The van der Waals surface area contributed by atoms with Crippen molar-refractivity contribution in [2.75, 3.05) is 19.7 Å². The Morgan fingerprint density at radius 3 is 2.50 bits per heavy atom. The van der Waals surface area contributed by atoms with E-state index < -0.39 is 12.0 Å². The fourth-order valence-electron chi connectivity index (χ4n) is 2.72. The molecule has 1 amide bonds. The number of carbonyl (C=O) groups is 2. The van der Waals surface area contributed by atoms with Crippen LogP contribution in [0.25, 0.3) is 0 Å². The fourth-order valence-corrected chi connectivity index (χ4v) is 2.72. The van der Waals surface area contributed by atoms with Gasteiger partial charge in [0.05, 0.1) is 13.1 Å². The normalized spacial score (nSPS) is 15.2. The quantitative estimate of drug-likeness (QED) is 0.673. The van der Waals surface area contributed by atoms with Crippen molar-refractivity contribution in [3.63, 3.8) is 0 Å². The number of benzene rings is 1. The van der Waals surface area contributed by atoms with Gasteiger partial charge in [0, 0.05) is 6.04 Å². The Hall–Kier alpha value is -2.08. The molecule has 6 nitrogen and oxygen atoms in total. The van der Waals surface area contributed by atoms with E-state index in [9.17, 15) is 9.59 Å². The number of ether oxygens (including phenoxy) is 1. The van der Waals surface area contributed by atoms with E-state index in [-0.39, 0.29) is 18.5 Å². The molecule has 24 heavy (non-hydrogen) atoms. The summed E-state index contributed by atoms with van der Waals surface area (Å²) in [6.07, 6.45) is 1.92. The number of nitrogens with one attached hydrogen (secondary N) is 1. The van der Waals surface area contributed by atoms with Gasteiger partial charge < -0.3 is 15.2 Å². The third-order valence-corrected chi connectivity index (χ3v) is 4.28. The van der Waals surface area contributed by atoms with Crippen LogP contribution in [0.1, 0.15) is 30.9 Å². The number of amides is 1. The molecule has 1 fully saturated rings. The molecule has 1 aromatic carbocycles. The van der Waals surface area contributed by atoms with Gasteiger partial charge in [-0.3, -0.25) is 14.5 Å². The molecule has 0 radical (unpaired) electrons. The van der Waals surface area contributed by atoms with E-state index >= 15 is 0 Å². The summed E-state index contributed by atoms with van der Waals surface area (Å²) in [4.78, 5) is 25.0. The third-order valence-electron chi connectivity index (χ3n) is 4.28. The molecule has 6 heteroatoms. The van der Waals surface area contributed by atoms with E-state index in [1.165, 1.54) is 0 Å². The highest BCUT2D eigenvalue weighted by atomic mass is 16.5. The van der Waals surface area contributed by atoms with Gasteiger partial charge >= 0.3 is 5.97 Å². The van der Waals surface area contributed by atoms with Crippen LogP contribution in [0.4, 0.5) is 0 Å². The van der Waals surface area contributed by atoms with Crippen molar-refractivity contribution in [3.8, 4) is 5.75 Å². The van der Waals surface area contributed by atoms with Crippen molar-refractivity contribution in [2.45, 2.75) is 45.7 Å². The minimum Gasteiger partial charge on any atom is -0.491 e. The number of carboxylic acid groups (broad SMARTS) is 1. The van der Waals surface area contributed by atoms with Crippen LogP contribution >= 0.6 is 0 Å². The number of carbonyl (C=O) groups excluding carboxylic acids is 1. The SMILES string of the molecule is Cc1cccc(C)c1OCCNC(=O)CN(C1CC1)C(C)C(=O)O. The van der Waals surface area contributed by atoms with E-state index in [4.69, 9.17) is 9.84 Å². The van der Waals surface area contributed by atoms with Gasteiger partial charge in [-0.1, -0.05) is 18.2 Å². The second-order valence-electron chi connectivity index (χ2n) is 6.34. The third kappa shape index (κ3) is 4.96. The molecule has 0 saturated heterocycles. The lowest BCUT2D eigenvalue weighted by molar-refractivity contribution is -0.143. The molecule has 2 rings (SSSR count). The number of hydrogen-bond acceptors (Lipinski definition) is 4. The number of hydrogen-bond donors (Lipinski definition) is 2. The summed E-state index contributed by atoms with van der Waals surface area (Å²) in [6.45, 7) is 6.49. The van der Waals surface area contributed by atoms with Gasteiger partial charge in [-0.2, -0.15) is 0 Å². The maximum Gasteiger partial charge on any atom is 0.320 e. The van der Waals surface area contributed by atoms with E-state index in [0.29, 0.717) is 13.2 Å². The Kier molecular flexibility index (Phi) is 6.20. The van der Waals surface area contributed by atoms with Crippen LogP contribution in [-0.4, -0.2) is 53.7 Å². The average molecular weight is 334 g/mol. The van der Waals surface area contributed by atoms with Crippen LogP contribution in [0.15, 0.2) is 18.2 Å². The zero-order valence-electron chi connectivity index (χ0n) is 14.5. The van der Waals surface area contributed by atoms with Gasteiger partial charge in [0.25, 0.3) is 0 Å². The van der Waals surface area contributed by atoms with Crippen molar-refractivity contribution < 1.29 is 19.4 Å². The molecular weight excluding hydrogens is 308 g/mol. The van der Waals surface area contributed by atoms with Gasteiger partial charge in [0.1, 0.15) is 18.4 Å². The van der Waals surface area contributed by atoms with Crippen LogP contribution in [0.2, 0.25) is 0 Å². The van der Waals surface area contributed by atoms with Crippen molar-refractivity contribution >= 4 is 11.9 Å². The number of aliphatic carboxylic acids is 1. The van der Waals surface area contributed by atoms with E-state index in [0.717, 1.165) is 29.7 Å². The molecule has 1 aliphatic carbocycles. The summed E-state index contributed by atoms with van der Waals surface area (Å²) in [5, 5.41) is 11.9. The summed E-state index contributed by atoms with van der Waals surface area (Å²) in [7, 11) is 0. The molecule has 132 valence electrons. The molecule has 1 aliphatic rings. The molecule has 1 aromatic rings. The smallest absolute Gasteiger partial charge is 0.320 e. The van der Waals surface area contributed by atoms with Crippen molar-refractivity contribution in [2.24, 2.45) is 0 Å². The highest BCUT2D eigenvalue weighted by Crippen LogP contribution is 2.28. The molecule has 0 aliphatic heterocycles. The molecule has 1 unspecified atom stereocenters. The van der Waals surface area contributed by atoms with Crippen LogP contribution < -0.4 is 10.1 Å². The lowest BCUT2D eigenvalue weighted by atomic mass is 10.1. The van der Waals surface area contributed by atoms with Gasteiger partial charge in [0.15, 0.2) is 0 Å². The summed E-state index contributed by atoms with van der Waals surface area (Å²) < 4.78 is 5.75.